The third-order valence-corrected chi connectivity index (χ3v) is 4.69. The maximum atomic E-state index is 13.3. The van der Waals surface area contributed by atoms with Crippen LogP contribution in [-0.4, -0.2) is 56.4 Å². The zero-order valence-corrected chi connectivity index (χ0v) is 19.1. The maximum Gasteiger partial charge on any atom is 0.156 e. The van der Waals surface area contributed by atoms with E-state index in [-0.39, 0.29) is 5.82 Å². The molecule has 0 aliphatic rings. The molecule has 2 N–H and O–H groups in total. The second-order valence-corrected chi connectivity index (χ2v) is 7.24. The first-order valence-corrected chi connectivity index (χ1v) is 10.2. The third-order valence-electron chi connectivity index (χ3n) is 4.69. The molecule has 0 saturated carbocycles. The van der Waals surface area contributed by atoms with Crippen LogP contribution in [0, 0.1) is 5.82 Å². The number of hydrogen-bond acceptors (Lipinski definition) is 5. The standard InChI is InChI=1S/C19H21FN6.C5H6N2/c1-13(25(3)4)22-17(14-5-7-15(20)8-6-14)11-16-9-10-19-23-18(21-2)12-26(19)24-16;1-2-5-3-6-4-7-5/h5-12,21H,1-4H3;2-4H,1H2,(H,6,7)/b17-11+,22-13?;. The Kier molecular flexibility index (Phi) is 7.69. The predicted octanol–water partition coefficient (Wildman–Crippen LogP) is 4.44. The third kappa shape index (κ3) is 6.36. The van der Waals surface area contributed by atoms with Gasteiger partial charge in [-0.1, -0.05) is 6.58 Å². The lowest BCUT2D eigenvalue weighted by atomic mass is 10.1. The summed E-state index contributed by atoms with van der Waals surface area (Å²) >= 11 is 0. The molecule has 0 saturated heterocycles. The molecule has 0 aliphatic heterocycles. The summed E-state index contributed by atoms with van der Waals surface area (Å²) in [7, 11) is 5.67. The number of aliphatic imine (C=N–C) groups is 1. The van der Waals surface area contributed by atoms with Gasteiger partial charge in [0.2, 0.25) is 0 Å². The average Bonchev–Trinajstić information content (AvgIpc) is 3.48. The van der Waals surface area contributed by atoms with Gasteiger partial charge in [0.15, 0.2) is 5.65 Å². The molecule has 3 aromatic heterocycles. The van der Waals surface area contributed by atoms with E-state index in [0.717, 1.165) is 34.3 Å². The first kappa shape index (κ1) is 23.4. The topological polar surface area (TPSA) is 86.5 Å². The van der Waals surface area contributed by atoms with Crippen molar-refractivity contribution in [1.29, 1.82) is 0 Å². The second kappa shape index (κ2) is 10.9. The molecular formula is C24H27FN8. The van der Waals surface area contributed by atoms with Gasteiger partial charge in [0.05, 0.1) is 35.8 Å². The molecule has 0 amide bonds. The number of amidine groups is 1. The molecule has 0 aliphatic carbocycles. The van der Waals surface area contributed by atoms with Gasteiger partial charge in [-0.05, 0) is 55.5 Å². The SMILES string of the molecule is C=Cc1cnc[nH]1.CNc1cn2nc(/C=C(/N=C(C)N(C)C)c3ccc(F)cc3)ccc2n1. The normalized spacial score (nSPS) is 11.7. The summed E-state index contributed by atoms with van der Waals surface area (Å²) in [5.41, 5.74) is 3.96. The summed E-state index contributed by atoms with van der Waals surface area (Å²) in [4.78, 5) is 17.6. The van der Waals surface area contributed by atoms with E-state index >= 15 is 0 Å². The van der Waals surface area contributed by atoms with Crippen LogP contribution >= 0.6 is 0 Å². The monoisotopic (exact) mass is 446 g/mol. The van der Waals surface area contributed by atoms with Crippen LogP contribution in [0.2, 0.25) is 0 Å². The number of fused-ring (bicyclic) bond motifs is 1. The Bertz CT molecular complexity index is 1250. The van der Waals surface area contributed by atoms with Crippen LogP contribution in [0.25, 0.3) is 23.5 Å². The predicted molar refractivity (Wildman–Crippen MR) is 132 cm³/mol. The van der Waals surface area contributed by atoms with Gasteiger partial charge in [0.25, 0.3) is 0 Å². The lowest BCUT2D eigenvalue weighted by molar-refractivity contribution is 0.619. The summed E-state index contributed by atoms with van der Waals surface area (Å²) in [5.74, 6) is 1.31. The number of nitrogens with zero attached hydrogens (tertiary/aromatic N) is 6. The highest BCUT2D eigenvalue weighted by Crippen LogP contribution is 2.20. The Labute approximate surface area is 192 Å². The molecule has 33 heavy (non-hydrogen) atoms. The zero-order valence-electron chi connectivity index (χ0n) is 19.1. The van der Waals surface area contributed by atoms with Crippen molar-refractivity contribution in [2.75, 3.05) is 26.5 Å². The van der Waals surface area contributed by atoms with E-state index in [0.29, 0.717) is 5.70 Å². The molecule has 170 valence electrons. The minimum atomic E-state index is -0.279. The second-order valence-electron chi connectivity index (χ2n) is 7.24. The number of halogens is 1. The molecule has 0 spiro atoms. The van der Waals surface area contributed by atoms with Crippen LogP contribution in [0.4, 0.5) is 10.2 Å². The van der Waals surface area contributed by atoms with E-state index in [1.54, 1.807) is 35.2 Å². The van der Waals surface area contributed by atoms with Gasteiger partial charge in [0, 0.05) is 26.7 Å². The van der Waals surface area contributed by atoms with Crippen LogP contribution in [0.3, 0.4) is 0 Å². The largest absolute Gasteiger partial charge is 0.372 e. The quantitative estimate of drug-likeness (QED) is 0.350. The molecule has 8 nitrogen and oxygen atoms in total. The van der Waals surface area contributed by atoms with E-state index < -0.39 is 0 Å². The van der Waals surface area contributed by atoms with Crippen molar-refractivity contribution in [3.63, 3.8) is 0 Å². The Morgan fingerprint density at radius 2 is 1.97 bits per heavy atom. The smallest absolute Gasteiger partial charge is 0.156 e. The molecule has 0 unspecified atom stereocenters. The molecule has 1 aromatic carbocycles. The van der Waals surface area contributed by atoms with Crippen LogP contribution < -0.4 is 5.32 Å². The van der Waals surface area contributed by atoms with Crippen molar-refractivity contribution in [2.45, 2.75) is 6.92 Å². The van der Waals surface area contributed by atoms with Gasteiger partial charge in [-0.15, -0.1) is 0 Å². The van der Waals surface area contributed by atoms with Crippen molar-refractivity contribution < 1.29 is 4.39 Å². The molecule has 0 bridgehead atoms. The van der Waals surface area contributed by atoms with Crippen LogP contribution in [0.5, 0.6) is 0 Å². The molecule has 0 atom stereocenters. The maximum absolute atomic E-state index is 13.3. The minimum absolute atomic E-state index is 0.279. The highest BCUT2D eigenvalue weighted by Gasteiger charge is 2.06. The Balaban J connectivity index is 0.000000374. The molecule has 4 rings (SSSR count). The first-order valence-electron chi connectivity index (χ1n) is 10.2. The van der Waals surface area contributed by atoms with Crippen molar-refractivity contribution in [3.8, 4) is 0 Å². The Morgan fingerprint density at radius 1 is 1.21 bits per heavy atom. The van der Waals surface area contributed by atoms with E-state index in [2.05, 4.69) is 36.9 Å². The van der Waals surface area contributed by atoms with Gasteiger partial charge in [-0.2, -0.15) is 5.10 Å². The van der Waals surface area contributed by atoms with Gasteiger partial charge in [-0.25, -0.2) is 23.9 Å². The van der Waals surface area contributed by atoms with Crippen LogP contribution in [0.1, 0.15) is 23.9 Å². The number of nitrogens with one attached hydrogen (secondary N) is 2. The fraction of sp³-hybridized carbons (Fsp3) is 0.167. The van der Waals surface area contributed by atoms with E-state index in [9.17, 15) is 4.39 Å². The van der Waals surface area contributed by atoms with Gasteiger partial charge < -0.3 is 15.2 Å². The van der Waals surface area contributed by atoms with Gasteiger partial charge >= 0.3 is 0 Å². The number of H-pyrrole nitrogens is 1. The first-order chi connectivity index (χ1) is 15.9. The molecule has 3 heterocycles. The number of aromatic amines is 1. The highest BCUT2D eigenvalue weighted by atomic mass is 19.1. The van der Waals surface area contributed by atoms with E-state index in [1.165, 1.54) is 12.1 Å². The Morgan fingerprint density at radius 3 is 2.55 bits per heavy atom. The zero-order chi connectivity index (χ0) is 23.8. The lowest BCUT2D eigenvalue weighted by Gasteiger charge is -2.12. The minimum Gasteiger partial charge on any atom is -0.372 e. The number of hydrogen-bond donors (Lipinski definition) is 2. The fourth-order valence-electron chi connectivity index (χ4n) is 2.69. The fourth-order valence-corrected chi connectivity index (χ4v) is 2.69. The lowest BCUT2D eigenvalue weighted by Crippen LogP contribution is -2.18. The van der Waals surface area contributed by atoms with Crippen molar-refractivity contribution in [1.82, 2.24) is 29.5 Å². The van der Waals surface area contributed by atoms with Crippen LogP contribution in [0.15, 0.2) is 66.7 Å². The van der Waals surface area contributed by atoms with Crippen molar-refractivity contribution in [3.05, 3.63) is 84.5 Å². The van der Waals surface area contributed by atoms with Crippen molar-refractivity contribution >= 4 is 35.1 Å². The number of rotatable bonds is 5. The van der Waals surface area contributed by atoms with Gasteiger partial charge in [-0.3, -0.25) is 0 Å². The Hall–Kier alpha value is -4.27. The molecule has 9 heteroatoms. The summed E-state index contributed by atoms with van der Waals surface area (Å²) in [6.45, 7) is 5.45. The average molecular weight is 447 g/mol. The van der Waals surface area contributed by atoms with Crippen LogP contribution in [-0.2, 0) is 0 Å². The van der Waals surface area contributed by atoms with Gasteiger partial charge in [0.1, 0.15) is 17.5 Å². The van der Waals surface area contributed by atoms with Crippen molar-refractivity contribution in [2.24, 2.45) is 4.99 Å². The molecular weight excluding hydrogens is 419 g/mol. The molecule has 0 radical (unpaired) electrons. The summed E-state index contributed by atoms with van der Waals surface area (Å²) in [6, 6.07) is 10.0. The van der Waals surface area contributed by atoms with E-state index in [4.69, 9.17) is 0 Å². The highest BCUT2D eigenvalue weighted by molar-refractivity contribution is 5.90. The number of aromatic nitrogens is 5. The number of imidazole rings is 2. The summed E-state index contributed by atoms with van der Waals surface area (Å²) < 4.78 is 15.0. The number of anilines is 1. The molecule has 0 fully saturated rings. The summed E-state index contributed by atoms with van der Waals surface area (Å²) in [5, 5.41) is 7.56. The number of benzene rings is 1. The van der Waals surface area contributed by atoms with E-state index in [1.807, 2.05) is 57.4 Å². The summed E-state index contributed by atoms with van der Waals surface area (Å²) in [6.07, 6.45) is 8.74. The molecule has 4 aromatic rings.